The molecule has 0 aliphatic carbocycles. The van der Waals surface area contributed by atoms with E-state index in [1.807, 2.05) is 37.3 Å². The van der Waals surface area contributed by atoms with Crippen molar-refractivity contribution in [1.82, 2.24) is 14.3 Å². The maximum atomic E-state index is 12.4. The van der Waals surface area contributed by atoms with E-state index in [2.05, 4.69) is 10.0 Å². The first-order valence-corrected chi connectivity index (χ1v) is 8.58. The lowest BCUT2D eigenvalue weighted by Gasteiger charge is -2.27. The molecule has 1 aliphatic rings. The zero-order valence-corrected chi connectivity index (χ0v) is 12.7. The number of rotatable bonds is 6. The lowest BCUT2D eigenvalue weighted by atomic mass is 10.1. The molecule has 1 aromatic rings. The number of nitrogens with zero attached hydrogens (tertiary/aromatic N) is 1. The third kappa shape index (κ3) is 4.28. The van der Waals surface area contributed by atoms with Crippen LogP contribution < -0.4 is 10.0 Å². The molecule has 0 amide bonds. The molecule has 1 fully saturated rings. The van der Waals surface area contributed by atoms with E-state index in [1.165, 1.54) is 4.31 Å². The molecular weight excluding hydrogens is 274 g/mol. The Morgan fingerprint density at radius 1 is 1.35 bits per heavy atom. The topological polar surface area (TPSA) is 61.4 Å². The molecule has 0 saturated carbocycles. The maximum Gasteiger partial charge on any atom is 0.280 e. The third-order valence-corrected chi connectivity index (χ3v) is 5.21. The van der Waals surface area contributed by atoms with Crippen molar-refractivity contribution in [2.24, 2.45) is 0 Å². The van der Waals surface area contributed by atoms with Gasteiger partial charge in [-0.3, -0.25) is 0 Å². The molecule has 0 spiro atoms. The van der Waals surface area contributed by atoms with E-state index in [-0.39, 0.29) is 6.04 Å². The monoisotopic (exact) mass is 297 g/mol. The van der Waals surface area contributed by atoms with E-state index >= 15 is 0 Å². The zero-order valence-electron chi connectivity index (χ0n) is 11.9. The zero-order chi connectivity index (χ0) is 14.4. The summed E-state index contributed by atoms with van der Waals surface area (Å²) < 4.78 is 29.1. The smallest absolute Gasteiger partial charge is 0.280 e. The summed E-state index contributed by atoms with van der Waals surface area (Å²) in [6, 6.07) is 9.67. The highest BCUT2D eigenvalue weighted by molar-refractivity contribution is 7.87. The fraction of sp³-hybridized carbons (Fsp3) is 0.571. The van der Waals surface area contributed by atoms with Gasteiger partial charge in [0.2, 0.25) is 0 Å². The van der Waals surface area contributed by atoms with Crippen molar-refractivity contribution < 1.29 is 8.42 Å². The predicted octanol–water partition coefficient (Wildman–Crippen LogP) is 1.09. The van der Waals surface area contributed by atoms with Crippen LogP contribution in [0, 0.1) is 0 Å². The summed E-state index contributed by atoms with van der Waals surface area (Å²) in [5.74, 6) is 0. The minimum atomic E-state index is -3.43. The van der Waals surface area contributed by atoms with E-state index in [1.54, 1.807) is 0 Å². The highest BCUT2D eigenvalue weighted by atomic mass is 32.2. The lowest BCUT2D eigenvalue weighted by molar-refractivity contribution is 0.383. The quantitative estimate of drug-likeness (QED) is 0.826. The Morgan fingerprint density at radius 2 is 2.10 bits per heavy atom. The van der Waals surface area contributed by atoms with Crippen molar-refractivity contribution in [3.8, 4) is 0 Å². The Labute approximate surface area is 121 Å². The Balaban J connectivity index is 2.01. The van der Waals surface area contributed by atoms with Crippen LogP contribution in [-0.4, -0.2) is 38.4 Å². The summed E-state index contributed by atoms with van der Waals surface area (Å²) in [4.78, 5) is 0. The van der Waals surface area contributed by atoms with Crippen molar-refractivity contribution in [3.05, 3.63) is 35.9 Å². The molecular formula is C14H23N3O2S. The van der Waals surface area contributed by atoms with Crippen LogP contribution in [-0.2, 0) is 16.8 Å². The lowest BCUT2D eigenvalue weighted by Crippen LogP contribution is -2.50. The number of benzene rings is 1. The largest absolute Gasteiger partial charge is 0.315 e. The van der Waals surface area contributed by atoms with Crippen LogP contribution in [0.25, 0.3) is 0 Å². The molecule has 2 rings (SSSR count). The normalized spacial score (nSPS) is 20.2. The van der Waals surface area contributed by atoms with Gasteiger partial charge in [-0.05, 0) is 24.9 Å². The predicted molar refractivity (Wildman–Crippen MR) is 80.5 cm³/mol. The van der Waals surface area contributed by atoms with E-state index in [0.717, 1.165) is 24.9 Å². The van der Waals surface area contributed by atoms with Gasteiger partial charge in [0.05, 0.1) is 0 Å². The maximum absolute atomic E-state index is 12.4. The second-order valence-electron chi connectivity index (χ2n) is 5.08. The fourth-order valence-electron chi connectivity index (χ4n) is 2.39. The standard InChI is InChI=1S/C14H23N3O2S/c1-2-17(12-13-7-4-3-5-8-13)20(18,19)16-14-9-6-10-15-11-14/h3-5,7-8,14-16H,2,6,9-12H2,1H3. The molecule has 0 bridgehead atoms. The Bertz CT molecular complexity index is 498. The summed E-state index contributed by atoms with van der Waals surface area (Å²) in [7, 11) is -3.43. The van der Waals surface area contributed by atoms with Gasteiger partial charge in [-0.15, -0.1) is 0 Å². The van der Waals surface area contributed by atoms with Crippen molar-refractivity contribution in [1.29, 1.82) is 0 Å². The molecule has 6 heteroatoms. The van der Waals surface area contributed by atoms with Crippen LogP contribution in [0.4, 0.5) is 0 Å². The first-order chi connectivity index (χ1) is 9.62. The molecule has 1 saturated heterocycles. The molecule has 5 nitrogen and oxygen atoms in total. The van der Waals surface area contributed by atoms with Crippen LogP contribution in [0.15, 0.2) is 30.3 Å². The first-order valence-electron chi connectivity index (χ1n) is 7.14. The van der Waals surface area contributed by atoms with Crippen LogP contribution in [0.5, 0.6) is 0 Å². The summed E-state index contributed by atoms with van der Waals surface area (Å²) in [5.41, 5.74) is 1.00. The van der Waals surface area contributed by atoms with Gasteiger partial charge in [0.1, 0.15) is 0 Å². The van der Waals surface area contributed by atoms with E-state index in [0.29, 0.717) is 19.6 Å². The average Bonchev–Trinajstić information content (AvgIpc) is 2.46. The van der Waals surface area contributed by atoms with Crippen molar-refractivity contribution in [2.45, 2.75) is 32.4 Å². The number of hydrogen-bond donors (Lipinski definition) is 2. The summed E-state index contributed by atoms with van der Waals surface area (Å²) in [6.45, 7) is 4.42. The molecule has 0 aromatic heterocycles. The fourth-order valence-corrected chi connectivity index (χ4v) is 3.82. The van der Waals surface area contributed by atoms with Gasteiger partial charge in [-0.25, -0.2) is 0 Å². The van der Waals surface area contributed by atoms with Crippen LogP contribution in [0.3, 0.4) is 0 Å². The van der Waals surface area contributed by atoms with E-state index in [4.69, 9.17) is 0 Å². The number of nitrogens with one attached hydrogen (secondary N) is 2. The van der Waals surface area contributed by atoms with Crippen LogP contribution in [0.2, 0.25) is 0 Å². The van der Waals surface area contributed by atoms with Crippen molar-refractivity contribution in [2.75, 3.05) is 19.6 Å². The Hall–Kier alpha value is -0.950. The molecule has 1 heterocycles. The number of piperidine rings is 1. The number of hydrogen-bond acceptors (Lipinski definition) is 3. The summed E-state index contributed by atoms with van der Waals surface area (Å²) in [6.07, 6.45) is 1.91. The van der Waals surface area contributed by atoms with Crippen LogP contribution >= 0.6 is 0 Å². The van der Waals surface area contributed by atoms with Gasteiger partial charge in [0.25, 0.3) is 10.2 Å². The van der Waals surface area contributed by atoms with E-state index in [9.17, 15) is 8.42 Å². The van der Waals surface area contributed by atoms with Crippen molar-refractivity contribution >= 4 is 10.2 Å². The van der Waals surface area contributed by atoms with Gasteiger partial charge in [-0.2, -0.15) is 17.4 Å². The minimum absolute atomic E-state index is 0.00132. The second-order valence-corrected chi connectivity index (χ2v) is 6.78. The molecule has 2 N–H and O–H groups in total. The van der Waals surface area contributed by atoms with Gasteiger partial charge >= 0.3 is 0 Å². The molecule has 1 aliphatic heterocycles. The average molecular weight is 297 g/mol. The first kappa shape index (κ1) is 15.4. The molecule has 0 radical (unpaired) electrons. The van der Waals surface area contributed by atoms with Gasteiger partial charge in [0.15, 0.2) is 0 Å². The van der Waals surface area contributed by atoms with Gasteiger partial charge in [-0.1, -0.05) is 37.3 Å². The highest BCUT2D eigenvalue weighted by Crippen LogP contribution is 2.10. The third-order valence-electron chi connectivity index (χ3n) is 3.51. The molecule has 1 aromatic carbocycles. The van der Waals surface area contributed by atoms with E-state index < -0.39 is 10.2 Å². The Kier molecular flexibility index (Phi) is 5.54. The molecule has 112 valence electrons. The van der Waals surface area contributed by atoms with Crippen molar-refractivity contribution in [3.63, 3.8) is 0 Å². The summed E-state index contributed by atoms with van der Waals surface area (Å²) >= 11 is 0. The summed E-state index contributed by atoms with van der Waals surface area (Å²) in [5, 5.41) is 3.22. The van der Waals surface area contributed by atoms with Gasteiger partial charge < -0.3 is 5.32 Å². The molecule has 1 atom stereocenters. The Morgan fingerprint density at radius 3 is 2.70 bits per heavy atom. The second kappa shape index (κ2) is 7.17. The van der Waals surface area contributed by atoms with Crippen LogP contribution in [0.1, 0.15) is 25.3 Å². The molecule has 1 unspecified atom stereocenters. The van der Waals surface area contributed by atoms with Gasteiger partial charge in [0, 0.05) is 25.7 Å². The highest BCUT2D eigenvalue weighted by Gasteiger charge is 2.25. The molecule has 20 heavy (non-hydrogen) atoms. The SMILES string of the molecule is CCN(Cc1ccccc1)S(=O)(=O)NC1CCCNC1. The minimum Gasteiger partial charge on any atom is -0.315 e.